The molecule has 8 heteroatoms. The number of amides is 3. The number of pyridine rings is 1. The predicted octanol–water partition coefficient (Wildman–Crippen LogP) is 3.69. The van der Waals surface area contributed by atoms with Gasteiger partial charge in [-0.2, -0.15) is 0 Å². The van der Waals surface area contributed by atoms with Gasteiger partial charge in [0.2, 0.25) is 5.91 Å². The average Bonchev–Trinajstić information content (AvgIpc) is 2.74. The molecule has 2 heterocycles. The number of piperazine rings is 1. The van der Waals surface area contributed by atoms with Gasteiger partial charge < -0.3 is 20.4 Å². The highest BCUT2D eigenvalue weighted by atomic mass is 19.1. The normalized spacial score (nSPS) is 13.9. The molecule has 0 saturated carbocycles. The zero-order valence-electron chi connectivity index (χ0n) is 16.6. The van der Waals surface area contributed by atoms with Crippen molar-refractivity contribution in [1.82, 2.24) is 9.88 Å². The third kappa shape index (κ3) is 4.32. The Morgan fingerprint density at radius 1 is 0.933 bits per heavy atom. The van der Waals surface area contributed by atoms with Crippen LogP contribution in [0.15, 0.2) is 54.7 Å². The predicted molar refractivity (Wildman–Crippen MR) is 115 cm³/mol. The van der Waals surface area contributed by atoms with Crippen molar-refractivity contribution in [2.24, 2.45) is 0 Å². The fourth-order valence-corrected chi connectivity index (χ4v) is 3.58. The van der Waals surface area contributed by atoms with Crippen LogP contribution in [0, 0.1) is 5.82 Å². The molecule has 0 radical (unpaired) electrons. The minimum atomic E-state index is -0.338. The first kappa shape index (κ1) is 19.6. The number of hydrogen-bond acceptors (Lipinski definition) is 4. The fraction of sp³-hybridized carbons (Fsp3) is 0.227. The lowest BCUT2D eigenvalue weighted by atomic mass is 10.1. The van der Waals surface area contributed by atoms with Gasteiger partial charge in [0, 0.05) is 61.7 Å². The highest BCUT2D eigenvalue weighted by molar-refractivity contribution is 5.96. The molecule has 2 N–H and O–H groups in total. The van der Waals surface area contributed by atoms with Crippen LogP contribution in [0.3, 0.4) is 0 Å². The van der Waals surface area contributed by atoms with E-state index in [0.29, 0.717) is 37.6 Å². The van der Waals surface area contributed by atoms with Crippen LogP contribution in [0.2, 0.25) is 0 Å². The molecule has 1 aliphatic rings. The maximum Gasteiger partial charge on any atom is 0.321 e. The largest absolute Gasteiger partial charge is 0.367 e. The van der Waals surface area contributed by atoms with Crippen molar-refractivity contribution in [1.29, 1.82) is 0 Å². The van der Waals surface area contributed by atoms with Gasteiger partial charge >= 0.3 is 6.03 Å². The monoisotopic (exact) mass is 407 g/mol. The van der Waals surface area contributed by atoms with Crippen LogP contribution in [-0.4, -0.2) is 48.0 Å². The van der Waals surface area contributed by atoms with E-state index in [-0.39, 0.29) is 17.8 Å². The highest BCUT2D eigenvalue weighted by Gasteiger charge is 2.22. The Bertz CT molecular complexity index is 1080. The second-order valence-corrected chi connectivity index (χ2v) is 7.15. The van der Waals surface area contributed by atoms with Crippen molar-refractivity contribution in [3.63, 3.8) is 0 Å². The van der Waals surface area contributed by atoms with E-state index < -0.39 is 0 Å². The summed E-state index contributed by atoms with van der Waals surface area (Å²) in [5, 5.41) is 6.57. The molecule has 0 spiro atoms. The lowest BCUT2D eigenvalue weighted by Gasteiger charge is -2.36. The number of halogens is 1. The van der Waals surface area contributed by atoms with Crippen LogP contribution in [0.25, 0.3) is 10.9 Å². The van der Waals surface area contributed by atoms with Crippen molar-refractivity contribution in [2.75, 3.05) is 41.7 Å². The number of nitrogens with zero attached hydrogens (tertiary/aromatic N) is 3. The van der Waals surface area contributed by atoms with Crippen LogP contribution in [0.1, 0.15) is 6.92 Å². The average molecular weight is 407 g/mol. The second-order valence-electron chi connectivity index (χ2n) is 7.15. The Labute approximate surface area is 173 Å². The van der Waals surface area contributed by atoms with Crippen LogP contribution in [0.5, 0.6) is 0 Å². The number of carbonyl (C=O) groups excluding carboxylic acids is 2. The van der Waals surface area contributed by atoms with E-state index in [2.05, 4.69) is 20.5 Å². The van der Waals surface area contributed by atoms with Crippen molar-refractivity contribution in [3.8, 4) is 0 Å². The molecule has 4 rings (SSSR count). The number of aromatic nitrogens is 1. The van der Waals surface area contributed by atoms with E-state index >= 15 is 0 Å². The van der Waals surface area contributed by atoms with E-state index in [1.165, 1.54) is 19.1 Å². The summed E-state index contributed by atoms with van der Waals surface area (Å²) >= 11 is 0. The fourth-order valence-electron chi connectivity index (χ4n) is 3.58. The Morgan fingerprint density at radius 2 is 1.63 bits per heavy atom. The molecule has 0 bridgehead atoms. The van der Waals surface area contributed by atoms with Gasteiger partial charge in [0.1, 0.15) is 5.82 Å². The molecule has 7 nitrogen and oxygen atoms in total. The van der Waals surface area contributed by atoms with Crippen molar-refractivity contribution < 1.29 is 14.0 Å². The second kappa shape index (κ2) is 8.36. The molecule has 1 fully saturated rings. The first-order valence-electron chi connectivity index (χ1n) is 9.72. The molecule has 0 aliphatic carbocycles. The van der Waals surface area contributed by atoms with Gasteiger partial charge in [0.25, 0.3) is 0 Å². The number of nitrogens with one attached hydrogen (secondary N) is 2. The molecule has 0 unspecified atom stereocenters. The summed E-state index contributed by atoms with van der Waals surface area (Å²) < 4.78 is 13.0. The van der Waals surface area contributed by atoms with Gasteiger partial charge in [0.15, 0.2) is 0 Å². The zero-order valence-corrected chi connectivity index (χ0v) is 16.6. The Morgan fingerprint density at radius 3 is 2.33 bits per heavy atom. The van der Waals surface area contributed by atoms with Crippen molar-refractivity contribution in [2.45, 2.75) is 6.92 Å². The summed E-state index contributed by atoms with van der Waals surface area (Å²) in [6.07, 6.45) is 1.75. The van der Waals surface area contributed by atoms with E-state index in [0.717, 1.165) is 16.6 Å². The molecule has 0 atom stereocenters. The van der Waals surface area contributed by atoms with E-state index in [9.17, 15) is 14.0 Å². The summed E-state index contributed by atoms with van der Waals surface area (Å²) in [7, 11) is 0. The van der Waals surface area contributed by atoms with Crippen LogP contribution >= 0.6 is 0 Å². The minimum absolute atomic E-state index is 0.124. The van der Waals surface area contributed by atoms with Crippen LogP contribution < -0.4 is 15.5 Å². The quantitative estimate of drug-likeness (QED) is 0.694. The lowest BCUT2D eigenvalue weighted by molar-refractivity contribution is -0.114. The third-order valence-corrected chi connectivity index (χ3v) is 5.04. The number of fused-ring (bicyclic) bond motifs is 1. The van der Waals surface area contributed by atoms with Gasteiger partial charge in [0.05, 0.1) is 5.52 Å². The van der Waals surface area contributed by atoms with Crippen LogP contribution in [-0.2, 0) is 4.79 Å². The zero-order chi connectivity index (χ0) is 21.1. The molecule has 3 aromatic rings. The standard InChI is InChI=1S/C22H22FN5O2/c1-15(29)25-18-6-7-19-20(14-18)24-9-8-21(19)27-10-12-28(13-11-27)22(30)26-17-4-2-16(23)3-5-17/h2-9,14H,10-13H2,1H3,(H,25,29)(H,26,30). The molecule has 30 heavy (non-hydrogen) atoms. The van der Waals surface area contributed by atoms with Gasteiger partial charge in [-0.25, -0.2) is 9.18 Å². The van der Waals surface area contributed by atoms with Crippen molar-refractivity contribution in [3.05, 3.63) is 60.5 Å². The lowest BCUT2D eigenvalue weighted by Crippen LogP contribution is -2.50. The first-order valence-corrected chi connectivity index (χ1v) is 9.72. The SMILES string of the molecule is CC(=O)Nc1ccc2c(N3CCN(C(=O)Nc4ccc(F)cc4)CC3)ccnc2c1. The summed E-state index contributed by atoms with van der Waals surface area (Å²) in [6.45, 7) is 3.98. The van der Waals surface area contributed by atoms with Crippen LogP contribution in [0.4, 0.5) is 26.2 Å². The number of benzene rings is 2. The Balaban J connectivity index is 1.43. The van der Waals surface area contributed by atoms with Gasteiger partial charge in [-0.3, -0.25) is 9.78 Å². The summed E-state index contributed by atoms with van der Waals surface area (Å²) in [5.74, 6) is -0.462. The molecule has 1 aliphatic heterocycles. The maximum absolute atomic E-state index is 13.0. The molecule has 154 valence electrons. The number of urea groups is 1. The van der Waals surface area contributed by atoms with Gasteiger partial charge in [-0.05, 0) is 48.5 Å². The Hall–Kier alpha value is -3.68. The number of anilines is 3. The summed E-state index contributed by atoms with van der Waals surface area (Å²) in [5.41, 5.74) is 3.13. The first-order chi connectivity index (χ1) is 14.5. The topological polar surface area (TPSA) is 77.6 Å². The molecule has 1 aromatic heterocycles. The maximum atomic E-state index is 13.0. The van der Waals surface area contributed by atoms with Gasteiger partial charge in [-0.15, -0.1) is 0 Å². The summed E-state index contributed by atoms with van der Waals surface area (Å²) in [4.78, 5) is 32.2. The molecule has 1 saturated heterocycles. The van der Waals surface area contributed by atoms with E-state index in [4.69, 9.17) is 0 Å². The number of carbonyl (C=O) groups is 2. The van der Waals surface area contributed by atoms with E-state index in [1.807, 2.05) is 24.3 Å². The van der Waals surface area contributed by atoms with Crippen molar-refractivity contribution >= 4 is 39.9 Å². The number of rotatable bonds is 3. The Kier molecular flexibility index (Phi) is 5.47. The number of hydrogen-bond donors (Lipinski definition) is 2. The molecule has 3 amide bonds. The minimum Gasteiger partial charge on any atom is -0.367 e. The summed E-state index contributed by atoms with van der Waals surface area (Å²) in [6, 6.07) is 13.2. The smallest absolute Gasteiger partial charge is 0.321 e. The molecular formula is C22H22FN5O2. The highest BCUT2D eigenvalue weighted by Crippen LogP contribution is 2.28. The van der Waals surface area contributed by atoms with Gasteiger partial charge in [-0.1, -0.05) is 0 Å². The molecular weight excluding hydrogens is 385 g/mol. The van der Waals surface area contributed by atoms with E-state index in [1.54, 1.807) is 23.2 Å². The molecule has 2 aromatic carbocycles. The third-order valence-electron chi connectivity index (χ3n) is 5.04.